The van der Waals surface area contributed by atoms with Gasteiger partial charge in [0.2, 0.25) is 17.7 Å². The number of allylic oxidation sites excluding steroid dienone is 2. The number of aromatic nitrogens is 1. The molecule has 1 saturated carbocycles. The Bertz CT molecular complexity index is 2660. The number of aryl methyl sites for hydroxylation is 1. The maximum atomic E-state index is 15.4. The van der Waals surface area contributed by atoms with Gasteiger partial charge in [0.05, 0.1) is 41.7 Å². The van der Waals surface area contributed by atoms with Crippen LogP contribution >= 0.6 is 0 Å². The number of fused-ring (bicyclic) bond motifs is 5. The molecule has 3 fully saturated rings. The van der Waals surface area contributed by atoms with E-state index >= 15 is 4.79 Å². The molecule has 288 valence electrons. The van der Waals surface area contributed by atoms with E-state index in [1.165, 1.54) is 18.1 Å². The standard InChI is InChI=1S/C47H38N4O7/c1-26-12-17-30(18-13-26)49-51-44(54)35-25-34-32(41(28-16-23-37(52)39(24-28)57-2)47(35,46(51)56)29-8-4-3-5-9-29)21-22-33-40(34)45(55)50(43(33)53)31-19-14-27(15-20-31)42-48-36-10-6-7-11-38(36)58-42/h3-21,23-24,33-35,40-41,49,52H,22,25H2,1-2H3/t33-,34+,35-,40-,41-,47+/m0/s1. The molecule has 5 aromatic carbocycles. The number of benzene rings is 5. The van der Waals surface area contributed by atoms with Crippen LogP contribution in [0.2, 0.25) is 0 Å². The van der Waals surface area contributed by atoms with Gasteiger partial charge < -0.3 is 14.3 Å². The summed E-state index contributed by atoms with van der Waals surface area (Å²) >= 11 is 0. The molecule has 10 rings (SSSR count). The Kier molecular flexibility index (Phi) is 8.12. The summed E-state index contributed by atoms with van der Waals surface area (Å²) in [5, 5.41) is 11.9. The van der Waals surface area contributed by atoms with Crippen molar-refractivity contribution in [2.75, 3.05) is 17.4 Å². The summed E-state index contributed by atoms with van der Waals surface area (Å²) in [5.74, 6) is -4.61. The highest BCUT2D eigenvalue weighted by atomic mass is 16.5. The molecule has 3 heterocycles. The van der Waals surface area contributed by atoms with Crippen molar-refractivity contribution >= 4 is 46.1 Å². The van der Waals surface area contributed by atoms with Crippen molar-refractivity contribution in [1.29, 1.82) is 0 Å². The van der Waals surface area contributed by atoms with Crippen LogP contribution in [0.4, 0.5) is 11.4 Å². The van der Waals surface area contributed by atoms with Gasteiger partial charge in [0, 0.05) is 11.5 Å². The lowest BCUT2D eigenvalue weighted by Crippen LogP contribution is -2.53. The Morgan fingerprint density at radius 3 is 2.31 bits per heavy atom. The number of methoxy groups -OCH3 is 1. The molecule has 1 aromatic heterocycles. The Morgan fingerprint density at radius 1 is 0.828 bits per heavy atom. The molecule has 2 aliphatic carbocycles. The average Bonchev–Trinajstić information content (AvgIpc) is 3.86. The SMILES string of the molecule is COc1cc([C@H]2C3=CC[C@@H]4C(=O)N(c5ccc(-c6nc7ccccc7o6)cc5)C(=O)[C@@H]4[C@@H]3C[C@H]3C(=O)N(Nc4ccc(C)cc4)C(=O)[C@@]23c2ccccc2)ccc1O. The maximum Gasteiger partial charge on any atom is 0.260 e. The number of hydrogen-bond donors (Lipinski definition) is 2. The first-order valence-electron chi connectivity index (χ1n) is 19.4. The normalized spacial score (nSPS) is 25.1. The third kappa shape index (κ3) is 5.15. The van der Waals surface area contributed by atoms with E-state index in [1.54, 1.807) is 36.4 Å². The number of rotatable bonds is 7. The number of ether oxygens (including phenoxy) is 1. The number of amides is 4. The van der Waals surface area contributed by atoms with Gasteiger partial charge in [-0.15, -0.1) is 0 Å². The van der Waals surface area contributed by atoms with Gasteiger partial charge in [0.1, 0.15) is 5.52 Å². The van der Waals surface area contributed by atoms with E-state index in [-0.39, 0.29) is 36.2 Å². The van der Waals surface area contributed by atoms with Gasteiger partial charge in [-0.1, -0.05) is 77.9 Å². The highest BCUT2D eigenvalue weighted by Gasteiger charge is 2.70. The van der Waals surface area contributed by atoms with Crippen molar-refractivity contribution in [3.8, 4) is 23.0 Å². The summed E-state index contributed by atoms with van der Waals surface area (Å²) in [4.78, 5) is 65.3. The number of carbonyl (C=O) groups excluding carboxylic acids is 4. The third-order valence-corrected chi connectivity index (χ3v) is 12.6. The number of aromatic hydroxyl groups is 1. The summed E-state index contributed by atoms with van der Waals surface area (Å²) in [7, 11) is 1.46. The number of hydrazine groups is 1. The topological polar surface area (TPSA) is 142 Å². The van der Waals surface area contributed by atoms with Crippen molar-refractivity contribution in [2.24, 2.45) is 23.7 Å². The Labute approximate surface area is 333 Å². The quantitative estimate of drug-likeness (QED) is 0.123. The second-order valence-electron chi connectivity index (χ2n) is 15.6. The number of carbonyl (C=O) groups is 4. The molecule has 0 unspecified atom stereocenters. The van der Waals surface area contributed by atoms with Gasteiger partial charge in [-0.05, 0) is 97.5 Å². The van der Waals surface area contributed by atoms with Crippen LogP contribution in [0.15, 0.2) is 137 Å². The molecular formula is C47H38N4O7. The summed E-state index contributed by atoms with van der Waals surface area (Å²) < 4.78 is 11.5. The minimum absolute atomic E-state index is 0.0765. The van der Waals surface area contributed by atoms with Crippen LogP contribution in [-0.4, -0.2) is 45.8 Å². The summed E-state index contributed by atoms with van der Waals surface area (Å²) in [6, 6.07) is 36.2. The van der Waals surface area contributed by atoms with Gasteiger partial charge >= 0.3 is 0 Å². The number of nitrogens with zero attached hydrogens (tertiary/aromatic N) is 3. The number of hydrogen-bond acceptors (Lipinski definition) is 9. The number of nitrogens with one attached hydrogen (secondary N) is 1. The van der Waals surface area contributed by atoms with E-state index in [2.05, 4.69) is 10.4 Å². The zero-order valence-corrected chi connectivity index (χ0v) is 31.7. The third-order valence-electron chi connectivity index (χ3n) is 12.6. The Balaban J connectivity index is 1.08. The molecule has 11 nitrogen and oxygen atoms in total. The zero-order chi connectivity index (χ0) is 39.9. The Hall–Kier alpha value is -7.01. The number of oxazole rings is 1. The number of para-hydroxylation sites is 2. The predicted molar refractivity (Wildman–Crippen MR) is 215 cm³/mol. The molecule has 4 aliphatic rings. The van der Waals surface area contributed by atoms with Crippen molar-refractivity contribution in [2.45, 2.75) is 31.1 Å². The van der Waals surface area contributed by atoms with Gasteiger partial charge in [0.15, 0.2) is 17.1 Å². The molecular weight excluding hydrogens is 733 g/mol. The predicted octanol–water partition coefficient (Wildman–Crippen LogP) is 7.71. The van der Waals surface area contributed by atoms with Crippen molar-refractivity contribution < 1.29 is 33.4 Å². The second kappa shape index (κ2) is 13.3. The van der Waals surface area contributed by atoms with E-state index < -0.39 is 46.8 Å². The molecule has 4 amide bonds. The lowest BCUT2D eigenvalue weighted by atomic mass is 9.49. The second-order valence-corrected chi connectivity index (χ2v) is 15.6. The molecule has 0 radical (unpaired) electrons. The van der Waals surface area contributed by atoms with Crippen LogP contribution in [0.25, 0.3) is 22.6 Å². The summed E-state index contributed by atoms with van der Waals surface area (Å²) in [6.45, 7) is 1.96. The van der Waals surface area contributed by atoms with Crippen molar-refractivity contribution in [3.63, 3.8) is 0 Å². The van der Waals surface area contributed by atoms with E-state index in [1.807, 2.05) is 91.9 Å². The number of phenols is 1. The molecule has 11 heteroatoms. The molecule has 0 spiro atoms. The minimum Gasteiger partial charge on any atom is -0.504 e. The number of anilines is 2. The van der Waals surface area contributed by atoms with E-state index in [0.29, 0.717) is 39.5 Å². The lowest BCUT2D eigenvalue weighted by molar-refractivity contribution is -0.138. The summed E-state index contributed by atoms with van der Waals surface area (Å²) in [5.41, 5.74) is 7.89. The highest BCUT2D eigenvalue weighted by molar-refractivity contribution is 6.22. The molecule has 2 aliphatic heterocycles. The first-order valence-corrected chi connectivity index (χ1v) is 19.4. The Morgan fingerprint density at radius 2 is 1.57 bits per heavy atom. The van der Waals surface area contributed by atoms with Gasteiger partial charge in [-0.25, -0.2) is 4.98 Å². The molecule has 6 aromatic rings. The molecule has 58 heavy (non-hydrogen) atoms. The number of imide groups is 2. The van der Waals surface area contributed by atoms with Crippen LogP contribution in [0.1, 0.15) is 35.4 Å². The fraction of sp³-hybridized carbons (Fsp3) is 0.213. The van der Waals surface area contributed by atoms with Crippen LogP contribution in [0.3, 0.4) is 0 Å². The maximum absolute atomic E-state index is 15.4. The molecule has 2 saturated heterocycles. The zero-order valence-electron chi connectivity index (χ0n) is 31.7. The van der Waals surface area contributed by atoms with Crippen LogP contribution in [0.5, 0.6) is 11.5 Å². The van der Waals surface area contributed by atoms with Crippen molar-refractivity contribution in [1.82, 2.24) is 9.99 Å². The first kappa shape index (κ1) is 35.4. The number of phenolic OH excluding ortho intramolecular Hbond substituents is 1. The lowest BCUT2D eigenvalue weighted by Gasteiger charge is -2.50. The fourth-order valence-electron chi connectivity index (χ4n) is 10.00. The minimum atomic E-state index is -1.45. The fourth-order valence-corrected chi connectivity index (χ4v) is 10.00. The van der Waals surface area contributed by atoms with Crippen molar-refractivity contribution in [3.05, 3.63) is 150 Å². The molecule has 0 bridgehead atoms. The smallest absolute Gasteiger partial charge is 0.260 e. The van der Waals surface area contributed by atoms with Gasteiger partial charge in [-0.3, -0.25) is 29.5 Å². The first-order chi connectivity index (χ1) is 28.2. The van der Waals surface area contributed by atoms with E-state index in [9.17, 15) is 19.5 Å². The molecule has 6 atom stereocenters. The van der Waals surface area contributed by atoms with Crippen LogP contribution < -0.4 is 15.1 Å². The van der Waals surface area contributed by atoms with Crippen LogP contribution in [0, 0.1) is 30.6 Å². The van der Waals surface area contributed by atoms with E-state index in [0.717, 1.165) is 21.7 Å². The monoisotopic (exact) mass is 770 g/mol. The largest absolute Gasteiger partial charge is 0.504 e. The average molecular weight is 771 g/mol. The van der Waals surface area contributed by atoms with E-state index in [4.69, 9.17) is 9.15 Å². The molecule has 2 N–H and O–H groups in total. The van der Waals surface area contributed by atoms with Gasteiger partial charge in [0.25, 0.3) is 11.8 Å². The highest BCUT2D eigenvalue weighted by Crippen LogP contribution is 2.64. The van der Waals surface area contributed by atoms with Gasteiger partial charge in [-0.2, -0.15) is 5.01 Å². The summed E-state index contributed by atoms with van der Waals surface area (Å²) in [6.07, 6.45) is 2.44. The van der Waals surface area contributed by atoms with Crippen LogP contribution in [-0.2, 0) is 24.6 Å².